The van der Waals surface area contributed by atoms with E-state index >= 15 is 0 Å². The standard InChI is InChI=1S/C27H25FN4O4/c1-4-36-27(35)32(26(34)31(3)18-11-9-10-17(2)16-18)24-25(33)29-22-15-8-6-13-20(22)23(30-24)19-12-5-7-14-21(19)28/h5-16,24H,4H2,1-3H3,(H,29,33). The second-order valence-corrected chi connectivity index (χ2v) is 8.12. The van der Waals surface area contributed by atoms with Crippen LogP contribution in [-0.4, -0.2) is 48.5 Å². The molecule has 3 aromatic carbocycles. The van der Waals surface area contributed by atoms with Crippen LogP contribution in [-0.2, 0) is 9.53 Å². The number of aryl methyl sites for hydroxylation is 1. The number of benzene rings is 3. The van der Waals surface area contributed by atoms with Crippen molar-refractivity contribution < 1.29 is 23.5 Å². The molecule has 9 heteroatoms. The zero-order valence-electron chi connectivity index (χ0n) is 20.1. The van der Waals surface area contributed by atoms with Gasteiger partial charge in [-0.1, -0.05) is 42.5 Å². The number of carbonyl (C=O) groups is 3. The molecular formula is C27H25FN4O4. The van der Waals surface area contributed by atoms with Crippen LogP contribution < -0.4 is 10.2 Å². The average Bonchev–Trinajstić information content (AvgIpc) is 3.00. The van der Waals surface area contributed by atoms with E-state index in [0.29, 0.717) is 21.8 Å². The van der Waals surface area contributed by atoms with Crippen LogP contribution in [0.15, 0.2) is 77.8 Å². The van der Waals surface area contributed by atoms with Gasteiger partial charge in [0.2, 0.25) is 6.17 Å². The molecule has 0 fully saturated rings. The van der Waals surface area contributed by atoms with Crippen LogP contribution in [0.5, 0.6) is 0 Å². The van der Waals surface area contributed by atoms with Gasteiger partial charge in [0.25, 0.3) is 5.91 Å². The van der Waals surface area contributed by atoms with Crippen molar-refractivity contribution in [3.05, 3.63) is 95.3 Å². The number of nitrogens with one attached hydrogen (secondary N) is 1. The molecule has 1 unspecified atom stereocenters. The van der Waals surface area contributed by atoms with Gasteiger partial charge in [0.05, 0.1) is 18.0 Å². The van der Waals surface area contributed by atoms with Crippen LogP contribution in [0.4, 0.5) is 25.4 Å². The van der Waals surface area contributed by atoms with Crippen LogP contribution in [0.3, 0.4) is 0 Å². The van der Waals surface area contributed by atoms with Crippen molar-refractivity contribution in [1.82, 2.24) is 4.90 Å². The molecule has 0 aromatic heterocycles. The SMILES string of the molecule is CCOC(=O)N(C(=O)N(C)c1cccc(C)c1)C1N=C(c2ccccc2F)c2ccccc2NC1=O. The van der Waals surface area contributed by atoms with Gasteiger partial charge in [0.1, 0.15) is 5.82 Å². The molecular weight excluding hydrogens is 463 g/mol. The van der Waals surface area contributed by atoms with Gasteiger partial charge in [-0.2, -0.15) is 4.90 Å². The molecule has 4 amide bonds. The third kappa shape index (κ3) is 4.81. The number of rotatable bonds is 4. The fourth-order valence-corrected chi connectivity index (χ4v) is 3.87. The molecule has 3 aromatic rings. The van der Waals surface area contributed by atoms with Crippen molar-refractivity contribution in [3.63, 3.8) is 0 Å². The van der Waals surface area contributed by atoms with Crippen molar-refractivity contribution >= 4 is 35.1 Å². The minimum Gasteiger partial charge on any atom is -0.449 e. The number of fused-ring (bicyclic) bond motifs is 1. The topological polar surface area (TPSA) is 91.3 Å². The molecule has 36 heavy (non-hydrogen) atoms. The lowest BCUT2D eigenvalue weighted by molar-refractivity contribution is -0.119. The quantitative estimate of drug-likeness (QED) is 0.562. The number of nitrogens with zero attached hydrogens (tertiary/aromatic N) is 3. The highest BCUT2D eigenvalue weighted by molar-refractivity contribution is 6.20. The Morgan fingerprint density at radius 3 is 2.42 bits per heavy atom. The zero-order valence-corrected chi connectivity index (χ0v) is 20.1. The molecule has 0 spiro atoms. The second-order valence-electron chi connectivity index (χ2n) is 8.12. The predicted molar refractivity (Wildman–Crippen MR) is 135 cm³/mol. The third-order valence-electron chi connectivity index (χ3n) is 5.65. The molecule has 0 aliphatic carbocycles. The minimum atomic E-state index is -1.66. The highest BCUT2D eigenvalue weighted by atomic mass is 19.1. The molecule has 8 nitrogen and oxygen atoms in total. The number of para-hydroxylation sites is 1. The van der Waals surface area contributed by atoms with Crippen LogP contribution >= 0.6 is 0 Å². The molecule has 4 rings (SSSR count). The van der Waals surface area contributed by atoms with Gasteiger partial charge in [-0.25, -0.2) is 19.0 Å². The summed E-state index contributed by atoms with van der Waals surface area (Å²) in [4.78, 5) is 46.4. The summed E-state index contributed by atoms with van der Waals surface area (Å²) in [5.74, 6) is -1.31. The molecule has 0 radical (unpaired) electrons. The molecule has 184 valence electrons. The van der Waals surface area contributed by atoms with Gasteiger partial charge in [-0.05, 0) is 49.7 Å². The lowest BCUT2D eigenvalue weighted by Crippen LogP contribution is -2.54. The number of amides is 4. The summed E-state index contributed by atoms with van der Waals surface area (Å²) in [6.45, 7) is 3.42. The van der Waals surface area contributed by atoms with Crippen LogP contribution in [0, 0.1) is 12.7 Å². The van der Waals surface area contributed by atoms with Gasteiger partial charge < -0.3 is 10.1 Å². The summed E-state index contributed by atoms with van der Waals surface area (Å²) in [7, 11) is 1.48. The van der Waals surface area contributed by atoms with Crippen molar-refractivity contribution in [3.8, 4) is 0 Å². The Morgan fingerprint density at radius 1 is 1.03 bits per heavy atom. The van der Waals surface area contributed by atoms with E-state index in [1.165, 1.54) is 30.1 Å². The number of imide groups is 1. The summed E-state index contributed by atoms with van der Waals surface area (Å²) >= 11 is 0. The van der Waals surface area contributed by atoms with E-state index in [0.717, 1.165) is 5.56 Å². The summed E-state index contributed by atoms with van der Waals surface area (Å²) in [6, 6.07) is 19.0. The Hall–Kier alpha value is -4.53. The van der Waals surface area contributed by atoms with Crippen LogP contribution in [0.25, 0.3) is 0 Å². The van der Waals surface area contributed by atoms with E-state index < -0.39 is 30.0 Å². The Kier molecular flexibility index (Phi) is 7.10. The molecule has 0 saturated carbocycles. The lowest BCUT2D eigenvalue weighted by Gasteiger charge is -2.29. The third-order valence-corrected chi connectivity index (χ3v) is 5.65. The van der Waals surface area contributed by atoms with E-state index in [1.807, 2.05) is 13.0 Å². The first-order valence-corrected chi connectivity index (χ1v) is 11.3. The monoisotopic (exact) mass is 488 g/mol. The Labute approximate surface area is 208 Å². The fraction of sp³-hybridized carbons (Fsp3) is 0.185. The number of hydrogen-bond donors (Lipinski definition) is 1. The molecule has 1 N–H and O–H groups in total. The van der Waals surface area contributed by atoms with Crippen LogP contribution in [0.1, 0.15) is 23.6 Å². The van der Waals surface area contributed by atoms with E-state index in [-0.39, 0.29) is 17.9 Å². The van der Waals surface area contributed by atoms with Gasteiger partial charge >= 0.3 is 12.1 Å². The number of ether oxygens (including phenoxy) is 1. The predicted octanol–water partition coefficient (Wildman–Crippen LogP) is 4.96. The first-order chi connectivity index (χ1) is 17.3. The lowest BCUT2D eigenvalue weighted by atomic mass is 10.0. The van der Waals surface area contributed by atoms with Crippen molar-refractivity contribution in [2.45, 2.75) is 20.0 Å². The Balaban J connectivity index is 1.86. The van der Waals surface area contributed by atoms with E-state index in [1.54, 1.807) is 55.5 Å². The molecule has 1 heterocycles. The Bertz CT molecular complexity index is 1360. The number of carbonyl (C=O) groups excluding carboxylic acids is 3. The summed E-state index contributed by atoms with van der Waals surface area (Å²) in [5.41, 5.74) is 2.46. The molecule has 1 atom stereocenters. The van der Waals surface area contributed by atoms with E-state index in [4.69, 9.17) is 4.74 Å². The molecule has 1 aliphatic heterocycles. The molecule has 0 saturated heterocycles. The first kappa shape index (κ1) is 24.6. The van der Waals surface area contributed by atoms with Gasteiger partial charge in [0.15, 0.2) is 0 Å². The summed E-state index contributed by atoms with van der Waals surface area (Å²) < 4.78 is 20.0. The summed E-state index contributed by atoms with van der Waals surface area (Å²) in [6.07, 6.45) is -2.71. The summed E-state index contributed by atoms with van der Waals surface area (Å²) in [5, 5.41) is 2.72. The van der Waals surface area contributed by atoms with E-state index in [2.05, 4.69) is 10.3 Å². The number of benzodiazepines with no additional fused rings is 1. The van der Waals surface area contributed by atoms with Crippen molar-refractivity contribution in [2.24, 2.45) is 4.99 Å². The molecule has 0 bridgehead atoms. The number of aliphatic imine (C=N–C) groups is 1. The van der Waals surface area contributed by atoms with Gasteiger partial charge in [0, 0.05) is 23.9 Å². The van der Waals surface area contributed by atoms with Crippen molar-refractivity contribution in [2.75, 3.05) is 23.9 Å². The largest absolute Gasteiger partial charge is 0.449 e. The van der Waals surface area contributed by atoms with Gasteiger partial charge in [-0.3, -0.25) is 9.69 Å². The number of anilines is 2. The number of urea groups is 1. The zero-order chi connectivity index (χ0) is 25.8. The highest BCUT2D eigenvalue weighted by Gasteiger charge is 2.40. The molecule has 1 aliphatic rings. The van der Waals surface area contributed by atoms with Crippen molar-refractivity contribution in [1.29, 1.82) is 0 Å². The smallest absolute Gasteiger partial charge is 0.420 e. The second kappa shape index (κ2) is 10.4. The average molecular weight is 489 g/mol. The normalized spacial score (nSPS) is 14.6. The van der Waals surface area contributed by atoms with E-state index in [9.17, 15) is 18.8 Å². The number of halogens is 1. The van der Waals surface area contributed by atoms with Gasteiger partial charge in [-0.15, -0.1) is 0 Å². The Morgan fingerprint density at radius 2 is 1.72 bits per heavy atom. The highest BCUT2D eigenvalue weighted by Crippen LogP contribution is 2.27. The fourth-order valence-electron chi connectivity index (χ4n) is 3.87. The minimum absolute atomic E-state index is 0.0325. The number of hydrogen-bond acceptors (Lipinski definition) is 5. The van der Waals surface area contributed by atoms with Crippen LogP contribution in [0.2, 0.25) is 0 Å². The maximum atomic E-state index is 14.9. The maximum Gasteiger partial charge on any atom is 0.420 e. The maximum absolute atomic E-state index is 14.9. The first-order valence-electron chi connectivity index (χ1n) is 11.3.